The molecule has 0 unspecified atom stereocenters. The molecule has 10 heavy (non-hydrogen) atoms. The summed E-state index contributed by atoms with van der Waals surface area (Å²) >= 11 is 0. The Kier molecular flexibility index (Phi) is 2.63. The number of rotatable bonds is 2. The predicted octanol–water partition coefficient (Wildman–Crippen LogP) is 1.05. The molecule has 0 aromatic heterocycles. The van der Waals surface area contributed by atoms with Gasteiger partial charge in [-0.3, -0.25) is 0 Å². The van der Waals surface area contributed by atoms with Gasteiger partial charge in [0.2, 0.25) is 0 Å². The van der Waals surface area contributed by atoms with Gasteiger partial charge in [-0.1, -0.05) is 12.2 Å². The topological polar surface area (TPSA) is 46.2 Å². The van der Waals surface area contributed by atoms with E-state index in [2.05, 4.69) is 0 Å². The molecule has 0 saturated heterocycles. The molecule has 0 aliphatic heterocycles. The number of hydrogen-bond acceptors (Lipinski definition) is 2. The second-order valence-corrected chi connectivity index (χ2v) is 3.81. The predicted molar refractivity (Wildman–Crippen MR) is 43.7 cm³/mol. The van der Waals surface area contributed by atoms with E-state index in [-0.39, 0.29) is 5.54 Å². The summed E-state index contributed by atoms with van der Waals surface area (Å²) in [5, 5.41) is 9.24. The van der Waals surface area contributed by atoms with E-state index >= 15 is 0 Å². The summed E-state index contributed by atoms with van der Waals surface area (Å²) in [6.45, 7) is 7.20. The van der Waals surface area contributed by atoms with Crippen LogP contribution in [0.15, 0.2) is 12.2 Å². The number of aliphatic hydroxyl groups is 1. The van der Waals surface area contributed by atoms with Gasteiger partial charge in [0.05, 0.1) is 5.60 Å². The highest BCUT2D eigenvalue weighted by molar-refractivity contribution is 5.05. The molecule has 0 amide bonds. The summed E-state index contributed by atoms with van der Waals surface area (Å²) in [5.74, 6) is 0. The van der Waals surface area contributed by atoms with Crippen LogP contribution in [-0.4, -0.2) is 16.2 Å². The molecule has 0 atom stereocenters. The van der Waals surface area contributed by atoms with Gasteiger partial charge in [0.25, 0.3) is 0 Å². The Morgan fingerprint density at radius 2 is 1.50 bits per heavy atom. The monoisotopic (exact) mass is 143 g/mol. The Balaban J connectivity index is 4.01. The minimum Gasteiger partial charge on any atom is -0.386 e. The highest BCUT2D eigenvalue weighted by Gasteiger charge is 2.10. The minimum atomic E-state index is -0.753. The molecule has 0 rings (SSSR count). The van der Waals surface area contributed by atoms with E-state index in [1.165, 1.54) is 0 Å². The van der Waals surface area contributed by atoms with Crippen molar-refractivity contribution in [3.63, 3.8) is 0 Å². The lowest BCUT2D eigenvalue weighted by molar-refractivity contribution is 0.132. The zero-order chi connectivity index (χ0) is 8.41. The first-order valence-corrected chi connectivity index (χ1v) is 3.42. The summed E-state index contributed by atoms with van der Waals surface area (Å²) in [5.41, 5.74) is 4.56. The van der Waals surface area contributed by atoms with Crippen molar-refractivity contribution >= 4 is 0 Å². The van der Waals surface area contributed by atoms with E-state index in [0.29, 0.717) is 0 Å². The summed E-state index contributed by atoms with van der Waals surface area (Å²) in [6, 6.07) is 0. The van der Waals surface area contributed by atoms with Gasteiger partial charge in [0.1, 0.15) is 0 Å². The fourth-order valence-electron chi connectivity index (χ4n) is 0.419. The maximum Gasteiger partial charge on any atom is 0.0772 e. The van der Waals surface area contributed by atoms with Gasteiger partial charge in [-0.25, -0.2) is 0 Å². The van der Waals surface area contributed by atoms with Gasteiger partial charge in [0.15, 0.2) is 0 Å². The van der Waals surface area contributed by atoms with Crippen molar-refractivity contribution in [1.29, 1.82) is 0 Å². The van der Waals surface area contributed by atoms with Crippen LogP contribution in [-0.2, 0) is 0 Å². The fourth-order valence-corrected chi connectivity index (χ4v) is 0.419. The molecule has 0 saturated carbocycles. The zero-order valence-electron chi connectivity index (χ0n) is 7.18. The third kappa shape index (κ3) is 7.66. The molecule has 0 heterocycles. The third-order valence-corrected chi connectivity index (χ3v) is 0.921. The second-order valence-electron chi connectivity index (χ2n) is 3.81. The normalized spacial score (nSPS) is 14.6. The van der Waals surface area contributed by atoms with E-state index < -0.39 is 5.60 Å². The Morgan fingerprint density at radius 3 is 1.60 bits per heavy atom. The van der Waals surface area contributed by atoms with Crippen LogP contribution in [0.5, 0.6) is 0 Å². The van der Waals surface area contributed by atoms with Crippen molar-refractivity contribution in [2.24, 2.45) is 5.73 Å². The first kappa shape index (κ1) is 9.66. The second kappa shape index (κ2) is 2.72. The van der Waals surface area contributed by atoms with Gasteiger partial charge in [0, 0.05) is 5.54 Å². The first-order valence-electron chi connectivity index (χ1n) is 3.42. The molecule has 0 spiro atoms. The molecular formula is C8H17NO. The standard InChI is InChI=1S/C8H17NO/c1-7(2,9)5-6-8(3,4)10/h5-6,10H,9H2,1-4H3. The smallest absolute Gasteiger partial charge is 0.0772 e. The molecule has 0 aromatic carbocycles. The van der Waals surface area contributed by atoms with Gasteiger partial charge in [-0.15, -0.1) is 0 Å². The summed E-state index contributed by atoms with van der Waals surface area (Å²) in [7, 11) is 0. The Morgan fingerprint density at radius 1 is 1.10 bits per heavy atom. The molecule has 0 radical (unpaired) electrons. The van der Waals surface area contributed by atoms with E-state index in [9.17, 15) is 5.11 Å². The van der Waals surface area contributed by atoms with Gasteiger partial charge < -0.3 is 10.8 Å². The van der Waals surface area contributed by atoms with Crippen LogP contribution in [0, 0.1) is 0 Å². The van der Waals surface area contributed by atoms with E-state index in [1.807, 2.05) is 13.8 Å². The van der Waals surface area contributed by atoms with Gasteiger partial charge >= 0.3 is 0 Å². The van der Waals surface area contributed by atoms with Crippen molar-refractivity contribution < 1.29 is 5.11 Å². The van der Waals surface area contributed by atoms with E-state index in [1.54, 1.807) is 26.0 Å². The van der Waals surface area contributed by atoms with E-state index in [0.717, 1.165) is 0 Å². The SMILES string of the molecule is CC(C)(N)C=CC(C)(C)O. The van der Waals surface area contributed by atoms with Crippen molar-refractivity contribution in [1.82, 2.24) is 0 Å². The van der Waals surface area contributed by atoms with Gasteiger partial charge in [-0.2, -0.15) is 0 Å². The molecule has 0 aromatic rings. The average molecular weight is 143 g/mol. The quantitative estimate of drug-likeness (QED) is 0.567. The zero-order valence-corrected chi connectivity index (χ0v) is 7.18. The van der Waals surface area contributed by atoms with Crippen molar-refractivity contribution in [3.8, 4) is 0 Å². The Bertz CT molecular complexity index is 109. The van der Waals surface area contributed by atoms with Crippen LogP contribution in [0.2, 0.25) is 0 Å². The number of hydrogen-bond donors (Lipinski definition) is 2. The molecule has 0 aliphatic carbocycles. The van der Waals surface area contributed by atoms with Crippen molar-refractivity contribution in [2.45, 2.75) is 38.8 Å². The van der Waals surface area contributed by atoms with Crippen LogP contribution in [0.25, 0.3) is 0 Å². The largest absolute Gasteiger partial charge is 0.386 e. The molecule has 0 fully saturated rings. The minimum absolute atomic E-state index is 0.333. The molecule has 2 nitrogen and oxygen atoms in total. The highest BCUT2D eigenvalue weighted by Crippen LogP contribution is 2.06. The lowest BCUT2D eigenvalue weighted by Crippen LogP contribution is -2.30. The Hall–Kier alpha value is -0.340. The summed E-state index contributed by atoms with van der Waals surface area (Å²) in [4.78, 5) is 0. The molecule has 3 N–H and O–H groups in total. The molecule has 2 heteroatoms. The lowest BCUT2D eigenvalue weighted by atomic mass is 10.0. The van der Waals surface area contributed by atoms with Gasteiger partial charge in [-0.05, 0) is 27.7 Å². The highest BCUT2D eigenvalue weighted by atomic mass is 16.3. The molecular weight excluding hydrogens is 126 g/mol. The fraction of sp³-hybridized carbons (Fsp3) is 0.750. The third-order valence-electron chi connectivity index (χ3n) is 0.921. The maximum atomic E-state index is 9.24. The van der Waals surface area contributed by atoms with E-state index in [4.69, 9.17) is 5.73 Å². The van der Waals surface area contributed by atoms with Crippen molar-refractivity contribution in [3.05, 3.63) is 12.2 Å². The maximum absolute atomic E-state index is 9.24. The first-order chi connectivity index (χ1) is 4.21. The van der Waals surface area contributed by atoms with Crippen LogP contribution >= 0.6 is 0 Å². The van der Waals surface area contributed by atoms with Crippen LogP contribution < -0.4 is 5.73 Å². The van der Waals surface area contributed by atoms with Crippen molar-refractivity contribution in [2.75, 3.05) is 0 Å². The van der Waals surface area contributed by atoms with Crippen LogP contribution in [0.4, 0.5) is 0 Å². The lowest BCUT2D eigenvalue weighted by Gasteiger charge is -2.16. The molecule has 0 bridgehead atoms. The molecule has 60 valence electrons. The number of nitrogens with two attached hydrogens (primary N) is 1. The molecule has 0 aliphatic rings. The average Bonchev–Trinajstić information content (AvgIpc) is 1.57. The summed E-state index contributed by atoms with van der Waals surface area (Å²) < 4.78 is 0. The van der Waals surface area contributed by atoms with Crippen LogP contribution in [0.1, 0.15) is 27.7 Å². The Labute approximate surface area is 62.7 Å². The van der Waals surface area contributed by atoms with Crippen LogP contribution in [0.3, 0.4) is 0 Å². The summed E-state index contributed by atoms with van der Waals surface area (Å²) in [6.07, 6.45) is 3.50.